The third-order valence-corrected chi connectivity index (χ3v) is 11.7. The number of hydrogen-bond donors (Lipinski definition) is 1. The lowest BCUT2D eigenvalue weighted by Gasteiger charge is -2.43. The largest absolute Gasteiger partial charge is 0.467 e. The normalized spacial score (nSPS) is 31.6. The molecule has 0 spiro atoms. The molecule has 38 heavy (non-hydrogen) atoms. The molecule has 7 nitrogen and oxygen atoms in total. The molecule has 1 aromatic heterocycles. The Kier molecular flexibility index (Phi) is 5.46. The number of H-pyrrole nitrogens is 1. The highest BCUT2D eigenvalue weighted by molar-refractivity contribution is 8.00. The number of aromatic amines is 1. The van der Waals surface area contributed by atoms with Crippen LogP contribution < -0.4 is 4.87 Å². The molecule has 2 amide bonds. The summed E-state index contributed by atoms with van der Waals surface area (Å²) in [5.41, 5.74) is 3.38. The second kappa shape index (κ2) is 8.68. The summed E-state index contributed by atoms with van der Waals surface area (Å²) in [5.74, 6) is -1.80. The minimum atomic E-state index is -0.931. The van der Waals surface area contributed by atoms with Crippen LogP contribution in [0.3, 0.4) is 0 Å². The molecule has 8 atom stereocenters. The SMILES string of the molecule is COC(=O)C(C)N1C(=O)C2C3CC(C2C1=O)C1C(c2ccc(-c4ccccc4)cc2)c2sc(=O)[nH]c2SC31. The number of benzene rings is 2. The van der Waals surface area contributed by atoms with Gasteiger partial charge in [-0.25, -0.2) is 4.79 Å². The number of imide groups is 1. The van der Waals surface area contributed by atoms with Gasteiger partial charge in [0.1, 0.15) is 6.04 Å². The minimum Gasteiger partial charge on any atom is -0.467 e. The number of hydrogen-bond acceptors (Lipinski definition) is 7. The van der Waals surface area contributed by atoms with Crippen molar-refractivity contribution < 1.29 is 19.1 Å². The minimum absolute atomic E-state index is 0.0120. The Bertz CT molecular complexity index is 1510. The number of ether oxygens (including phenoxy) is 1. The molecule has 2 aliphatic carbocycles. The molecule has 7 rings (SSSR count). The van der Waals surface area contributed by atoms with Crippen LogP contribution in [0.4, 0.5) is 0 Å². The molecular weight excluding hydrogens is 520 g/mol. The number of nitrogens with zero attached hydrogens (tertiary/aromatic N) is 1. The lowest BCUT2D eigenvalue weighted by atomic mass is 9.68. The average Bonchev–Trinajstić information content (AvgIpc) is 3.67. The van der Waals surface area contributed by atoms with Crippen molar-refractivity contribution in [3.63, 3.8) is 0 Å². The summed E-state index contributed by atoms with van der Waals surface area (Å²) in [6.45, 7) is 1.56. The molecule has 9 heteroatoms. The Morgan fingerprint density at radius 2 is 1.63 bits per heavy atom. The van der Waals surface area contributed by atoms with Crippen molar-refractivity contribution in [2.75, 3.05) is 7.11 Å². The number of aromatic nitrogens is 1. The monoisotopic (exact) mass is 546 g/mol. The van der Waals surface area contributed by atoms with Crippen LogP contribution in [-0.4, -0.2) is 46.1 Å². The maximum atomic E-state index is 13.7. The van der Waals surface area contributed by atoms with Crippen LogP contribution in [0.1, 0.15) is 29.7 Å². The van der Waals surface area contributed by atoms with E-state index in [0.29, 0.717) is 0 Å². The summed E-state index contributed by atoms with van der Waals surface area (Å²) >= 11 is 2.92. The number of thiazole rings is 1. The fourth-order valence-corrected chi connectivity index (χ4v) is 10.5. The van der Waals surface area contributed by atoms with Crippen molar-refractivity contribution >= 4 is 40.9 Å². The van der Waals surface area contributed by atoms with Gasteiger partial charge in [0.2, 0.25) is 11.8 Å². The van der Waals surface area contributed by atoms with E-state index >= 15 is 0 Å². The molecule has 1 N–H and O–H groups in total. The van der Waals surface area contributed by atoms with Gasteiger partial charge in [0.05, 0.1) is 24.0 Å². The number of fused-ring (bicyclic) bond motifs is 9. The molecule has 3 aromatic rings. The van der Waals surface area contributed by atoms with Gasteiger partial charge >= 0.3 is 10.8 Å². The van der Waals surface area contributed by atoms with Crippen molar-refractivity contribution in [2.24, 2.45) is 29.6 Å². The second-order valence-corrected chi connectivity index (χ2v) is 12.9. The van der Waals surface area contributed by atoms with E-state index in [1.807, 2.05) is 18.2 Å². The molecule has 1 saturated heterocycles. The number of carbonyl (C=O) groups excluding carboxylic acids is 3. The number of likely N-dealkylation sites (tertiary alicyclic amines) is 1. The Morgan fingerprint density at radius 3 is 2.32 bits per heavy atom. The van der Waals surface area contributed by atoms with E-state index in [-0.39, 0.29) is 45.6 Å². The van der Waals surface area contributed by atoms with Crippen LogP contribution in [0.2, 0.25) is 0 Å². The Labute approximate surface area is 227 Å². The van der Waals surface area contributed by atoms with E-state index < -0.39 is 23.8 Å². The summed E-state index contributed by atoms with van der Waals surface area (Å²) in [6, 6.07) is 17.8. The Hall–Kier alpha value is -3.17. The van der Waals surface area contributed by atoms with Crippen LogP contribution in [0.25, 0.3) is 11.1 Å². The summed E-state index contributed by atoms with van der Waals surface area (Å²) in [4.78, 5) is 57.0. The zero-order valence-corrected chi connectivity index (χ0v) is 22.5. The van der Waals surface area contributed by atoms with Gasteiger partial charge in [0.15, 0.2) is 0 Å². The molecule has 2 bridgehead atoms. The Morgan fingerprint density at radius 1 is 0.974 bits per heavy atom. The third kappa shape index (κ3) is 3.27. The highest BCUT2D eigenvalue weighted by atomic mass is 32.2. The van der Waals surface area contributed by atoms with Gasteiger partial charge < -0.3 is 9.72 Å². The maximum Gasteiger partial charge on any atom is 0.328 e. The molecule has 2 aromatic carbocycles. The van der Waals surface area contributed by atoms with Crippen molar-refractivity contribution in [3.8, 4) is 11.1 Å². The van der Waals surface area contributed by atoms with Crippen LogP contribution in [-0.2, 0) is 19.1 Å². The molecule has 2 aliphatic heterocycles. The smallest absolute Gasteiger partial charge is 0.328 e. The van der Waals surface area contributed by atoms with Crippen molar-refractivity contribution in [3.05, 3.63) is 74.7 Å². The second-order valence-electron chi connectivity index (χ2n) is 10.7. The van der Waals surface area contributed by atoms with E-state index in [4.69, 9.17) is 4.74 Å². The number of carbonyl (C=O) groups is 3. The first-order valence-corrected chi connectivity index (χ1v) is 14.6. The van der Waals surface area contributed by atoms with Crippen LogP contribution >= 0.6 is 23.1 Å². The van der Waals surface area contributed by atoms with Gasteiger partial charge in [-0.05, 0) is 47.8 Å². The molecule has 194 valence electrons. The quantitative estimate of drug-likeness (QED) is 0.390. The summed E-state index contributed by atoms with van der Waals surface area (Å²) in [6.07, 6.45) is 0.813. The summed E-state index contributed by atoms with van der Waals surface area (Å²) < 4.78 is 4.85. The molecular formula is C29H26N2O5S2. The molecule has 3 heterocycles. The lowest BCUT2D eigenvalue weighted by Crippen LogP contribution is -2.45. The summed E-state index contributed by atoms with van der Waals surface area (Å²) in [5, 5.41) is 1.00. The van der Waals surface area contributed by atoms with Crippen molar-refractivity contribution in [1.82, 2.24) is 9.88 Å². The van der Waals surface area contributed by atoms with E-state index in [1.54, 1.807) is 18.7 Å². The zero-order chi connectivity index (χ0) is 26.3. The first-order chi connectivity index (χ1) is 18.4. The van der Waals surface area contributed by atoms with E-state index in [0.717, 1.165) is 37.9 Å². The van der Waals surface area contributed by atoms with E-state index in [1.165, 1.54) is 18.4 Å². The third-order valence-electron chi connectivity index (χ3n) is 9.06. The predicted molar refractivity (Wildman–Crippen MR) is 144 cm³/mol. The lowest BCUT2D eigenvalue weighted by molar-refractivity contribution is -0.156. The van der Waals surface area contributed by atoms with Gasteiger partial charge in [-0.1, -0.05) is 65.9 Å². The molecule has 0 radical (unpaired) electrons. The van der Waals surface area contributed by atoms with Gasteiger partial charge in [-0.15, -0.1) is 11.8 Å². The fourth-order valence-electron chi connectivity index (χ4n) is 7.58. The number of methoxy groups -OCH3 is 1. The van der Waals surface area contributed by atoms with Crippen LogP contribution in [0, 0.1) is 29.6 Å². The van der Waals surface area contributed by atoms with E-state index in [9.17, 15) is 19.2 Å². The first-order valence-electron chi connectivity index (χ1n) is 12.9. The van der Waals surface area contributed by atoms with Gasteiger partial charge in [-0.3, -0.25) is 19.3 Å². The van der Waals surface area contributed by atoms with Gasteiger partial charge in [0, 0.05) is 16.0 Å². The molecule has 8 unspecified atom stereocenters. The topological polar surface area (TPSA) is 96.5 Å². The molecule has 3 fully saturated rings. The molecule has 4 aliphatic rings. The van der Waals surface area contributed by atoms with Crippen molar-refractivity contribution in [2.45, 2.75) is 35.6 Å². The number of esters is 1. The predicted octanol–water partition coefficient (Wildman–Crippen LogP) is 4.14. The van der Waals surface area contributed by atoms with Gasteiger partial charge in [0.25, 0.3) is 0 Å². The number of rotatable bonds is 4. The summed E-state index contributed by atoms with van der Waals surface area (Å²) in [7, 11) is 1.27. The maximum absolute atomic E-state index is 13.7. The van der Waals surface area contributed by atoms with Gasteiger partial charge in [-0.2, -0.15) is 0 Å². The van der Waals surface area contributed by atoms with Crippen LogP contribution in [0.15, 0.2) is 64.4 Å². The standard InChI is InChI=1S/C29H26N2O5S2/c1-13(28(34)36-2)31-26(32)21-17-12-18(22(21)27(31)33)23-20(17)19(24-25(37-23)30-29(35)38-24)16-10-8-15(9-11-16)14-6-4-3-5-7-14/h3-11,13,17-23H,12H2,1-2H3,(H,30,35). The average molecular weight is 547 g/mol. The van der Waals surface area contributed by atoms with Crippen molar-refractivity contribution in [1.29, 1.82) is 0 Å². The number of thioether (sulfide) groups is 1. The molecule has 2 saturated carbocycles. The first kappa shape index (κ1) is 23.9. The number of amides is 2. The highest BCUT2D eigenvalue weighted by Crippen LogP contribution is 2.68. The highest BCUT2D eigenvalue weighted by Gasteiger charge is 2.70. The Balaban J connectivity index is 1.28. The van der Waals surface area contributed by atoms with E-state index in [2.05, 4.69) is 41.4 Å². The zero-order valence-electron chi connectivity index (χ0n) is 20.8. The fraction of sp³-hybridized carbons (Fsp3) is 0.379. The van der Waals surface area contributed by atoms with Crippen LogP contribution in [0.5, 0.6) is 0 Å². The number of nitrogens with one attached hydrogen (secondary N) is 1.